The van der Waals surface area contributed by atoms with Crippen molar-refractivity contribution < 1.29 is 14.3 Å². The third kappa shape index (κ3) is 5.18. The van der Waals surface area contributed by atoms with Crippen LogP contribution in [0.25, 0.3) is 0 Å². The molecule has 1 aliphatic heterocycles. The molecule has 0 saturated carbocycles. The number of aromatic amines is 2. The second-order valence-corrected chi connectivity index (χ2v) is 7.64. The average molecular weight is 415 g/mol. The Hall–Kier alpha value is -2.87. The molecular formula is C22H29N3O5. The van der Waals surface area contributed by atoms with Crippen molar-refractivity contribution in [2.45, 2.75) is 44.9 Å². The Morgan fingerprint density at radius 1 is 1.17 bits per heavy atom. The second kappa shape index (κ2) is 9.75. The normalized spacial score (nSPS) is 15.5. The number of rotatable bonds is 8. The van der Waals surface area contributed by atoms with E-state index < -0.39 is 11.2 Å². The van der Waals surface area contributed by atoms with Gasteiger partial charge in [-0.1, -0.05) is 12.1 Å². The van der Waals surface area contributed by atoms with Gasteiger partial charge in [0, 0.05) is 42.9 Å². The van der Waals surface area contributed by atoms with E-state index in [2.05, 4.69) is 27.4 Å². The highest BCUT2D eigenvalue weighted by molar-refractivity contribution is 5.76. The summed E-state index contributed by atoms with van der Waals surface area (Å²) in [6.07, 6.45) is 2.08. The van der Waals surface area contributed by atoms with Gasteiger partial charge in [0.2, 0.25) is 5.91 Å². The topological polar surface area (TPSA) is 113 Å². The molecule has 0 radical (unpaired) electrons. The zero-order chi connectivity index (χ0) is 21.6. The van der Waals surface area contributed by atoms with Gasteiger partial charge < -0.3 is 19.8 Å². The van der Waals surface area contributed by atoms with E-state index in [1.165, 1.54) is 0 Å². The maximum atomic E-state index is 12.5. The first-order valence-electron chi connectivity index (χ1n) is 10.3. The summed E-state index contributed by atoms with van der Waals surface area (Å²) in [5.74, 6) is 0.700. The first-order valence-corrected chi connectivity index (χ1v) is 10.3. The van der Waals surface area contributed by atoms with Crippen molar-refractivity contribution in [1.29, 1.82) is 0 Å². The van der Waals surface area contributed by atoms with Gasteiger partial charge in [0.25, 0.3) is 5.56 Å². The molecule has 2 heterocycles. The number of amides is 1. The molecule has 3 rings (SSSR count). The van der Waals surface area contributed by atoms with Gasteiger partial charge in [-0.15, -0.1) is 0 Å². The number of nitrogens with one attached hydrogen (secondary N) is 3. The van der Waals surface area contributed by atoms with Crippen molar-refractivity contribution >= 4 is 5.91 Å². The first kappa shape index (κ1) is 21.8. The standard InChI is InChI=1S/C22H29N3O5/c1-3-30-17-6-4-16(5-7-17)22(10-12-29-13-11-22)14-23-19(26)9-8-18-15(2)24-21(28)25-20(18)27/h4-7H,3,8-14H2,1-2H3,(H,23,26)(H2,24,25,27,28). The summed E-state index contributed by atoms with van der Waals surface area (Å²) in [4.78, 5) is 40.5. The molecule has 0 spiro atoms. The van der Waals surface area contributed by atoms with Crippen molar-refractivity contribution in [2.24, 2.45) is 0 Å². The van der Waals surface area contributed by atoms with Gasteiger partial charge in [-0.05, 0) is 50.8 Å². The van der Waals surface area contributed by atoms with Crippen LogP contribution >= 0.6 is 0 Å². The van der Waals surface area contributed by atoms with E-state index in [0.717, 1.165) is 24.2 Å². The quantitative estimate of drug-likeness (QED) is 0.606. The minimum atomic E-state index is -0.539. The minimum Gasteiger partial charge on any atom is -0.494 e. The van der Waals surface area contributed by atoms with Crippen molar-refractivity contribution in [3.63, 3.8) is 0 Å². The smallest absolute Gasteiger partial charge is 0.325 e. The number of benzene rings is 1. The molecule has 1 amide bonds. The molecule has 1 aromatic heterocycles. The van der Waals surface area contributed by atoms with E-state index in [1.807, 2.05) is 19.1 Å². The lowest BCUT2D eigenvalue weighted by atomic mass is 9.74. The summed E-state index contributed by atoms with van der Waals surface area (Å²) in [5.41, 5.74) is 0.900. The van der Waals surface area contributed by atoms with Crippen LogP contribution in [0.5, 0.6) is 5.75 Å². The number of ether oxygens (including phenoxy) is 2. The van der Waals surface area contributed by atoms with Crippen LogP contribution < -0.4 is 21.3 Å². The van der Waals surface area contributed by atoms with E-state index in [-0.39, 0.29) is 24.2 Å². The van der Waals surface area contributed by atoms with Crippen molar-refractivity contribution in [1.82, 2.24) is 15.3 Å². The van der Waals surface area contributed by atoms with Crippen LogP contribution in [0.3, 0.4) is 0 Å². The highest BCUT2D eigenvalue weighted by atomic mass is 16.5. The number of aryl methyl sites for hydroxylation is 1. The summed E-state index contributed by atoms with van der Waals surface area (Å²) < 4.78 is 11.1. The molecule has 1 aliphatic rings. The fourth-order valence-corrected chi connectivity index (χ4v) is 3.92. The number of H-pyrrole nitrogens is 2. The lowest BCUT2D eigenvalue weighted by Gasteiger charge is -2.38. The molecule has 162 valence electrons. The Bertz CT molecular complexity index is 972. The number of hydrogen-bond donors (Lipinski definition) is 3. The fourth-order valence-electron chi connectivity index (χ4n) is 3.92. The fraction of sp³-hybridized carbons (Fsp3) is 0.500. The zero-order valence-electron chi connectivity index (χ0n) is 17.5. The molecule has 3 N–H and O–H groups in total. The van der Waals surface area contributed by atoms with Crippen LogP contribution in [0, 0.1) is 6.92 Å². The van der Waals surface area contributed by atoms with Gasteiger partial charge in [-0.2, -0.15) is 0 Å². The van der Waals surface area contributed by atoms with Crippen molar-refractivity contribution in [3.8, 4) is 5.75 Å². The van der Waals surface area contributed by atoms with Gasteiger partial charge in [-0.25, -0.2) is 4.79 Å². The summed E-state index contributed by atoms with van der Waals surface area (Å²) in [5, 5.41) is 3.04. The van der Waals surface area contributed by atoms with E-state index >= 15 is 0 Å². The molecule has 0 unspecified atom stereocenters. The van der Waals surface area contributed by atoms with Crippen LogP contribution in [0.1, 0.15) is 43.0 Å². The van der Waals surface area contributed by atoms with Gasteiger partial charge in [0.15, 0.2) is 0 Å². The monoisotopic (exact) mass is 415 g/mol. The van der Waals surface area contributed by atoms with Crippen molar-refractivity contribution in [2.75, 3.05) is 26.4 Å². The summed E-state index contributed by atoms with van der Waals surface area (Å²) in [7, 11) is 0. The van der Waals surface area contributed by atoms with Gasteiger partial charge in [0.1, 0.15) is 5.75 Å². The van der Waals surface area contributed by atoms with Gasteiger partial charge >= 0.3 is 5.69 Å². The van der Waals surface area contributed by atoms with Gasteiger partial charge in [0.05, 0.1) is 6.61 Å². The maximum Gasteiger partial charge on any atom is 0.325 e. The average Bonchev–Trinajstić information content (AvgIpc) is 2.73. The Kier molecular flexibility index (Phi) is 7.10. The van der Waals surface area contributed by atoms with E-state index in [1.54, 1.807) is 6.92 Å². The Morgan fingerprint density at radius 3 is 2.50 bits per heavy atom. The molecule has 30 heavy (non-hydrogen) atoms. The molecule has 8 nitrogen and oxygen atoms in total. The molecule has 0 bridgehead atoms. The van der Waals surface area contributed by atoms with E-state index in [9.17, 15) is 14.4 Å². The molecule has 1 aromatic carbocycles. The highest BCUT2D eigenvalue weighted by Gasteiger charge is 2.34. The zero-order valence-corrected chi connectivity index (χ0v) is 17.5. The third-order valence-electron chi connectivity index (χ3n) is 5.71. The van der Waals surface area contributed by atoms with Crippen LogP contribution in [0.15, 0.2) is 33.9 Å². The van der Waals surface area contributed by atoms with Gasteiger partial charge in [-0.3, -0.25) is 14.6 Å². The minimum absolute atomic E-state index is 0.128. The molecule has 1 fully saturated rings. The number of carbonyl (C=O) groups excluding carboxylic acids is 1. The molecule has 1 saturated heterocycles. The summed E-state index contributed by atoms with van der Waals surface area (Å²) in [6.45, 7) is 6.03. The molecular weight excluding hydrogens is 386 g/mol. The maximum absolute atomic E-state index is 12.5. The highest BCUT2D eigenvalue weighted by Crippen LogP contribution is 2.35. The van der Waals surface area contributed by atoms with Crippen LogP contribution in [0.4, 0.5) is 0 Å². The molecule has 0 atom stereocenters. The number of carbonyl (C=O) groups is 1. The largest absolute Gasteiger partial charge is 0.494 e. The third-order valence-corrected chi connectivity index (χ3v) is 5.71. The number of hydrogen-bond acceptors (Lipinski definition) is 5. The SMILES string of the molecule is CCOc1ccc(C2(CNC(=O)CCc3c(C)[nH]c(=O)[nH]c3=O)CCOCC2)cc1. The summed E-state index contributed by atoms with van der Waals surface area (Å²) in [6, 6.07) is 8.05. The van der Waals surface area contributed by atoms with Crippen LogP contribution in [0.2, 0.25) is 0 Å². The van der Waals surface area contributed by atoms with E-state index in [4.69, 9.17) is 9.47 Å². The first-order chi connectivity index (χ1) is 14.4. The predicted octanol–water partition coefficient (Wildman–Crippen LogP) is 1.57. The Morgan fingerprint density at radius 2 is 1.87 bits per heavy atom. The Labute approximate surface area is 175 Å². The predicted molar refractivity (Wildman–Crippen MR) is 113 cm³/mol. The van der Waals surface area contributed by atoms with Crippen LogP contribution in [-0.4, -0.2) is 42.2 Å². The number of aromatic nitrogens is 2. The van der Waals surface area contributed by atoms with E-state index in [0.29, 0.717) is 37.6 Å². The van der Waals surface area contributed by atoms with Crippen molar-refractivity contribution in [3.05, 3.63) is 61.9 Å². The summed E-state index contributed by atoms with van der Waals surface area (Å²) >= 11 is 0. The van der Waals surface area contributed by atoms with Crippen LogP contribution in [-0.2, 0) is 21.4 Å². The molecule has 2 aromatic rings. The lowest BCUT2D eigenvalue weighted by Crippen LogP contribution is -2.44. The second-order valence-electron chi connectivity index (χ2n) is 7.64. The Balaban J connectivity index is 1.65. The molecule has 0 aliphatic carbocycles. The lowest BCUT2D eigenvalue weighted by molar-refractivity contribution is -0.121. The molecule has 8 heteroatoms.